The lowest BCUT2D eigenvalue weighted by atomic mass is 10.0. The van der Waals surface area contributed by atoms with Gasteiger partial charge in [0.15, 0.2) is 5.69 Å². The second-order valence-electron chi connectivity index (χ2n) is 6.30. The zero-order valence-electron chi connectivity index (χ0n) is 14.2. The second kappa shape index (κ2) is 7.65. The Kier molecular flexibility index (Phi) is 5.33. The molecule has 25 heavy (non-hydrogen) atoms. The molecule has 1 aromatic heterocycles. The smallest absolute Gasteiger partial charge is 0.275 e. The minimum atomic E-state index is -0.279. The monoisotopic (exact) mass is 358 g/mol. The van der Waals surface area contributed by atoms with Crippen molar-refractivity contribution in [2.24, 2.45) is 0 Å². The fraction of sp³-hybridized carbons (Fsp3) is 0.389. The van der Waals surface area contributed by atoms with Crippen LogP contribution in [-0.4, -0.2) is 40.7 Å². The van der Waals surface area contributed by atoms with Crippen molar-refractivity contribution in [1.82, 2.24) is 14.6 Å². The summed E-state index contributed by atoms with van der Waals surface area (Å²) in [5.74, 6) is -0.272. The molecule has 1 saturated heterocycles. The maximum atomic E-state index is 12.4. The summed E-state index contributed by atoms with van der Waals surface area (Å²) in [5.41, 5.74) is 7.58. The maximum Gasteiger partial charge on any atom is 0.275 e. The molecular weight excluding hydrogens is 336 g/mol. The van der Waals surface area contributed by atoms with E-state index in [4.69, 9.17) is 5.73 Å². The highest BCUT2D eigenvalue weighted by Crippen LogP contribution is 2.24. The Balaban J connectivity index is 1.64. The van der Waals surface area contributed by atoms with E-state index in [2.05, 4.69) is 9.69 Å². The molecule has 7 heteroatoms. The molecular formula is C18H22N4O2S. The number of likely N-dealkylation sites (tertiary alicyclic amines) is 1. The number of hydrogen-bond acceptors (Lipinski definition) is 5. The lowest BCUT2D eigenvalue weighted by Crippen LogP contribution is -2.29. The Morgan fingerprint density at radius 2 is 1.96 bits per heavy atom. The molecule has 0 saturated carbocycles. The van der Waals surface area contributed by atoms with E-state index in [9.17, 15) is 9.59 Å². The predicted octanol–water partition coefficient (Wildman–Crippen LogP) is 2.49. The van der Waals surface area contributed by atoms with Crippen LogP contribution in [0.1, 0.15) is 51.4 Å². The molecule has 132 valence electrons. The number of hydrogen-bond donors (Lipinski definition) is 2. The van der Waals surface area contributed by atoms with Crippen LogP contribution in [0.15, 0.2) is 30.3 Å². The average molecular weight is 358 g/mol. The first-order valence-corrected chi connectivity index (χ1v) is 9.23. The van der Waals surface area contributed by atoms with E-state index in [1.54, 1.807) is 4.90 Å². The van der Waals surface area contributed by atoms with Gasteiger partial charge in [-0.1, -0.05) is 37.3 Å². The van der Waals surface area contributed by atoms with E-state index in [-0.39, 0.29) is 29.1 Å². The van der Waals surface area contributed by atoms with E-state index >= 15 is 0 Å². The third kappa shape index (κ3) is 3.82. The summed E-state index contributed by atoms with van der Waals surface area (Å²) in [6, 6.07) is 9.98. The standard InChI is InChI=1S/C18H22N4O2S/c1-12(13-7-3-2-4-8-13)11-20-17(23)16-14(19)15(21-25-16)18(24)22-9-5-6-10-22/h2-4,7-8,12H,5-6,9-11,19H2,1H3,(H,20,23)/t12-/m1/s1. The molecule has 3 N–H and O–H groups in total. The number of amides is 2. The van der Waals surface area contributed by atoms with Crippen molar-refractivity contribution < 1.29 is 9.59 Å². The van der Waals surface area contributed by atoms with Crippen LogP contribution in [-0.2, 0) is 0 Å². The van der Waals surface area contributed by atoms with E-state index in [0.717, 1.165) is 43.0 Å². The Morgan fingerprint density at radius 1 is 1.28 bits per heavy atom. The SMILES string of the molecule is C[C@H](CNC(=O)c1snc(C(=O)N2CCCC2)c1N)c1ccccc1. The van der Waals surface area contributed by atoms with Crippen molar-refractivity contribution >= 4 is 29.0 Å². The van der Waals surface area contributed by atoms with Crippen molar-refractivity contribution in [2.45, 2.75) is 25.7 Å². The summed E-state index contributed by atoms with van der Waals surface area (Å²) < 4.78 is 4.13. The fourth-order valence-electron chi connectivity index (χ4n) is 2.91. The number of nitrogens with one attached hydrogen (secondary N) is 1. The van der Waals surface area contributed by atoms with Gasteiger partial charge in [-0.3, -0.25) is 9.59 Å². The quantitative estimate of drug-likeness (QED) is 0.859. The first-order chi connectivity index (χ1) is 12.1. The Hall–Kier alpha value is -2.41. The molecule has 1 atom stereocenters. The van der Waals surface area contributed by atoms with Gasteiger partial charge < -0.3 is 16.0 Å². The molecule has 0 aliphatic carbocycles. The molecule has 1 aliphatic heterocycles. The van der Waals surface area contributed by atoms with Gasteiger partial charge in [0.05, 0.1) is 5.69 Å². The molecule has 6 nitrogen and oxygen atoms in total. The fourth-order valence-corrected chi connectivity index (χ4v) is 3.62. The minimum Gasteiger partial charge on any atom is -0.395 e. The van der Waals surface area contributed by atoms with E-state index in [0.29, 0.717) is 11.4 Å². The van der Waals surface area contributed by atoms with Crippen LogP contribution in [0.3, 0.4) is 0 Å². The number of carbonyl (C=O) groups is 2. The zero-order valence-corrected chi connectivity index (χ0v) is 15.0. The molecule has 0 spiro atoms. The van der Waals surface area contributed by atoms with Crippen molar-refractivity contribution in [3.05, 3.63) is 46.5 Å². The minimum absolute atomic E-state index is 0.178. The van der Waals surface area contributed by atoms with Gasteiger partial charge in [-0.25, -0.2) is 0 Å². The van der Waals surface area contributed by atoms with Crippen LogP contribution in [0.4, 0.5) is 5.69 Å². The summed E-state index contributed by atoms with van der Waals surface area (Å²) in [4.78, 5) is 26.9. The molecule has 1 fully saturated rings. The van der Waals surface area contributed by atoms with Gasteiger partial charge >= 0.3 is 0 Å². The topological polar surface area (TPSA) is 88.3 Å². The van der Waals surface area contributed by atoms with Crippen LogP contribution < -0.4 is 11.1 Å². The van der Waals surface area contributed by atoms with Crippen molar-refractivity contribution in [3.8, 4) is 0 Å². The summed E-state index contributed by atoms with van der Waals surface area (Å²) in [5, 5.41) is 2.89. The Labute approximate surface area is 151 Å². The van der Waals surface area contributed by atoms with Crippen molar-refractivity contribution in [2.75, 3.05) is 25.4 Å². The van der Waals surface area contributed by atoms with Crippen LogP contribution in [0.25, 0.3) is 0 Å². The number of benzene rings is 1. The highest BCUT2D eigenvalue weighted by molar-refractivity contribution is 7.09. The zero-order chi connectivity index (χ0) is 17.8. The van der Waals surface area contributed by atoms with Gasteiger partial charge in [0, 0.05) is 19.6 Å². The van der Waals surface area contributed by atoms with Crippen molar-refractivity contribution in [1.29, 1.82) is 0 Å². The summed E-state index contributed by atoms with van der Waals surface area (Å²) in [7, 11) is 0. The van der Waals surface area contributed by atoms with Gasteiger partial charge in [0.25, 0.3) is 11.8 Å². The Bertz CT molecular complexity index is 754. The Morgan fingerprint density at radius 3 is 2.64 bits per heavy atom. The maximum absolute atomic E-state index is 12.4. The number of nitrogen functional groups attached to an aromatic ring is 1. The molecule has 2 heterocycles. The lowest BCUT2D eigenvalue weighted by Gasteiger charge is -2.14. The van der Waals surface area contributed by atoms with Gasteiger partial charge in [0.2, 0.25) is 0 Å². The summed E-state index contributed by atoms with van der Waals surface area (Å²) in [6.07, 6.45) is 2.00. The highest BCUT2D eigenvalue weighted by atomic mass is 32.1. The van der Waals surface area contributed by atoms with Crippen LogP contribution in [0.5, 0.6) is 0 Å². The van der Waals surface area contributed by atoms with E-state index in [1.807, 2.05) is 37.3 Å². The number of rotatable bonds is 5. The molecule has 2 amide bonds. The molecule has 1 aliphatic rings. The first kappa shape index (κ1) is 17.4. The third-order valence-corrected chi connectivity index (χ3v) is 5.33. The third-order valence-electron chi connectivity index (χ3n) is 4.47. The lowest BCUT2D eigenvalue weighted by molar-refractivity contribution is 0.0789. The van der Waals surface area contributed by atoms with E-state index < -0.39 is 0 Å². The molecule has 3 rings (SSSR count). The van der Waals surface area contributed by atoms with Gasteiger partial charge in [-0.05, 0) is 35.9 Å². The average Bonchev–Trinajstić information content (AvgIpc) is 3.29. The van der Waals surface area contributed by atoms with Crippen LogP contribution in [0.2, 0.25) is 0 Å². The molecule has 0 unspecified atom stereocenters. The first-order valence-electron chi connectivity index (χ1n) is 8.45. The highest BCUT2D eigenvalue weighted by Gasteiger charge is 2.27. The number of aromatic nitrogens is 1. The van der Waals surface area contributed by atoms with Gasteiger partial charge in [0.1, 0.15) is 4.88 Å². The molecule has 2 aromatic rings. The largest absolute Gasteiger partial charge is 0.395 e. The summed E-state index contributed by atoms with van der Waals surface area (Å²) in [6.45, 7) is 4.00. The van der Waals surface area contributed by atoms with Crippen LogP contribution >= 0.6 is 11.5 Å². The molecule has 0 bridgehead atoms. The second-order valence-corrected chi connectivity index (χ2v) is 7.07. The molecule has 1 aromatic carbocycles. The molecule has 0 radical (unpaired) electrons. The number of anilines is 1. The normalized spacial score (nSPS) is 15.2. The number of nitrogens with zero attached hydrogens (tertiary/aromatic N) is 2. The van der Waals surface area contributed by atoms with Gasteiger partial charge in [-0.15, -0.1) is 0 Å². The number of nitrogens with two attached hydrogens (primary N) is 1. The summed E-state index contributed by atoms with van der Waals surface area (Å²) >= 11 is 0.984. The van der Waals surface area contributed by atoms with E-state index in [1.165, 1.54) is 0 Å². The van der Waals surface area contributed by atoms with Gasteiger partial charge in [-0.2, -0.15) is 4.37 Å². The predicted molar refractivity (Wildman–Crippen MR) is 98.9 cm³/mol. The van der Waals surface area contributed by atoms with Crippen molar-refractivity contribution in [3.63, 3.8) is 0 Å². The number of carbonyl (C=O) groups excluding carboxylic acids is 2. The van der Waals surface area contributed by atoms with Crippen LogP contribution in [0, 0.1) is 0 Å².